The van der Waals surface area contributed by atoms with E-state index in [1.807, 2.05) is 54.8 Å². The van der Waals surface area contributed by atoms with E-state index in [0.29, 0.717) is 5.57 Å². The zero-order chi connectivity index (χ0) is 14.1. The number of anilines is 1. The predicted molar refractivity (Wildman–Crippen MR) is 92.1 cm³/mol. The van der Waals surface area contributed by atoms with Gasteiger partial charge in [0.25, 0.3) is 5.91 Å². The highest BCUT2D eigenvalue weighted by molar-refractivity contribution is 14.1. The molecule has 0 fully saturated rings. The molecule has 2 aromatic rings. The molecule has 3 nitrogen and oxygen atoms in total. The van der Waals surface area contributed by atoms with E-state index in [1.165, 1.54) is 5.01 Å². The Morgan fingerprint density at radius 1 is 1.25 bits per heavy atom. The lowest BCUT2D eigenvalue weighted by atomic mass is 10.1. The third-order valence-corrected chi connectivity index (χ3v) is 4.50. The molecule has 0 N–H and O–H groups in total. The van der Waals surface area contributed by atoms with Crippen molar-refractivity contribution >= 4 is 57.3 Å². The van der Waals surface area contributed by atoms with Gasteiger partial charge in [-0.05, 0) is 71.3 Å². The Bertz CT molecular complexity index is 702. The summed E-state index contributed by atoms with van der Waals surface area (Å²) < 4.78 is 1.13. The van der Waals surface area contributed by atoms with Gasteiger partial charge >= 0.3 is 0 Å². The number of amides is 1. The van der Waals surface area contributed by atoms with Crippen molar-refractivity contribution in [3.8, 4) is 0 Å². The van der Waals surface area contributed by atoms with E-state index in [9.17, 15) is 4.79 Å². The minimum Gasteiger partial charge on any atom is -0.267 e. The van der Waals surface area contributed by atoms with Gasteiger partial charge in [0, 0.05) is 8.45 Å². The minimum absolute atomic E-state index is 0.0721. The summed E-state index contributed by atoms with van der Waals surface area (Å²) in [6, 6.07) is 11.7. The molecule has 1 aliphatic heterocycles. The van der Waals surface area contributed by atoms with Gasteiger partial charge in [-0.25, -0.2) is 0 Å². The SMILES string of the molecule is CC1=NN(c2ccc(I)cc2)C(=O)/C1=C\c1cccs1. The van der Waals surface area contributed by atoms with Crippen molar-refractivity contribution in [3.63, 3.8) is 0 Å². The summed E-state index contributed by atoms with van der Waals surface area (Å²) in [4.78, 5) is 13.5. The summed E-state index contributed by atoms with van der Waals surface area (Å²) in [6.45, 7) is 1.87. The van der Waals surface area contributed by atoms with Crippen molar-refractivity contribution < 1.29 is 4.79 Å². The summed E-state index contributed by atoms with van der Waals surface area (Å²) >= 11 is 3.85. The fourth-order valence-electron chi connectivity index (χ4n) is 1.96. The average molecular weight is 394 g/mol. The first-order chi connectivity index (χ1) is 9.65. The standard InChI is InChI=1S/C15H11IN2OS/c1-10-14(9-13-3-2-8-20-13)15(19)18(17-10)12-6-4-11(16)5-7-12/h2-9H,1H3/b14-9-. The molecule has 0 saturated heterocycles. The molecule has 0 spiro atoms. The van der Waals surface area contributed by atoms with Crippen molar-refractivity contribution in [2.75, 3.05) is 5.01 Å². The van der Waals surface area contributed by atoms with E-state index in [0.717, 1.165) is 19.8 Å². The molecule has 2 heterocycles. The molecule has 0 atom stereocenters. The quantitative estimate of drug-likeness (QED) is 0.556. The van der Waals surface area contributed by atoms with Crippen LogP contribution in [0.4, 0.5) is 5.69 Å². The molecular formula is C15H11IN2OS. The number of carbonyl (C=O) groups is 1. The molecule has 1 aromatic heterocycles. The topological polar surface area (TPSA) is 32.7 Å². The first-order valence-electron chi connectivity index (χ1n) is 6.06. The summed E-state index contributed by atoms with van der Waals surface area (Å²) in [5, 5.41) is 7.82. The molecule has 5 heteroatoms. The number of hydrogen-bond acceptors (Lipinski definition) is 3. The summed E-state index contributed by atoms with van der Waals surface area (Å²) in [7, 11) is 0. The van der Waals surface area contributed by atoms with Gasteiger partial charge in [0.15, 0.2) is 0 Å². The lowest BCUT2D eigenvalue weighted by Gasteiger charge is -2.11. The van der Waals surface area contributed by atoms with E-state index >= 15 is 0 Å². The van der Waals surface area contributed by atoms with Crippen molar-refractivity contribution in [2.45, 2.75) is 6.92 Å². The number of thiophene rings is 1. The van der Waals surface area contributed by atoms with Gasteiger partial charge in [0.1, 0.15) is 0 Å². The second-order valence-electron chi connectivity index (χ2n) is 4.35. The highest BCUT2D eigenvalue weighted by atomic mass is 127. The van der Waals surface area contributed by atoms with Crippen LogP contribution in [0.25, 0.3) is 6.08 Å². The highest BCUT2D eigenvalue weighted by Crippen LogP contribution is 2.26. The average Bonchev–Trinajstić information content (AvgIpc) is 3.04. The summed E-state index contributed by atoms with van der Waals surface area (Å²) in [5.41, 5.74) is 2.21. The first kappa shape index (κ1) is 13.5. The van der Waals surface area contributed by atoms with Crippen LogP contribution >= 0.6 is 33.9 Å². The molecule has 0 radical (unpaired) electrons. The zero-order valence-electron chi connectivity index (χ0n) is 10.7. The second kappa shape index (κ2) is 5.49. The van der Waals surface area contributed by atoms with Gasteiger partial charge in [-0.1, -0.05) is 6.07 Å². The Balaban J connectivity index is 1.94. The molecule has 1 aliphatic rings. The van der Waals surface area contributed by atoms with Gasteiger partial charge in [-0.15, -0.1) is 11.3 Å². The highest BCUT2D eigenvalue weighted by Gasteiger charge is 2.28. The van der Waals surface area contributed by atoms with Crippen LogP contribution in [0.1, 0.15) is 11.8 Å². The second-order valence-corrected chi connectivity index (χ2v) is 6.58. The van der Waals surface area contributed by atoms with Crippen LogP contribution in [0, 0.1) is 3.57 Å². The fourth-order valence-corrected chi connectivity index (χ4v) is 2.97. The Morgan fingerprint density at radius 3 is 2.65 bits per heavy atom. The fraction of sp³-hybridized carbons (Fsp3) is 0.0667. The van der Waals surface area contributed by atoms with E-state index in [2.05, 4.69) is 27.7 Å². The third kappa shape index (κ3) is 2.55. The van der Waals surface area contributed by atoms with Crippen molar-refractivity contribution in [1.29, 1.82) is 0 Å². The number of benzene rings is 1. The van der Waals surface area contributed by atoms with E-state index < -0.39 is 0 Å². The predicted octanol–water partition coefficient (Wildman–Crippen LogP) is 4.16. The molecular weight excluding hydrogens is 383 g/mol. The third-order valence-electron chi connectivity index (χ3n) is 2.96. The molecule has 0 saturated carbocycles. The molecule has 0 bridgehead atoms. The Kier molecular flexibility index (Phi) is 3.71. The molecule has 1 aromatic carbocycles. The van der Waals surface area contributed by atoms with E-state index in [-0.39, 0.29) is 5.91 Å². The van der Waals surface area contributed by atoms with Crippen molar-refractivity contribution in [3.05, 3.63) is 55.8 Å². The normalized spacial score (nSPS) is 16.9. The number of hydrogen-bond donors (Lipinski definition) is 0. The largest absolute Gasteiger partial charge is 0.280 e. The molecule has 1 amide bonds. The zero-order valence-corrected chi connectivity index (χ0v) is 13.7. The van der Waals surface area contributed by atoms with Crippen molar-refractivity contribution in [2.24, 2.45) is 5.10 Å². The number of rotatable bonds is 2. The maximum Gasteiger partial charge on any atom is 0.280 e. The lowest BCUT2D eigenvalue weighted by Crippen LogP contribution is -2.21. The Hall–Kier alpha value is -1.47. The van der Waals surface area contributed by atoms with Crippen LogP contribution in [0.3, 0.4) is 0 Å². The van der Waals surface area contributed by atoms with Crippen LogP contribution in [0.15, 0.2) is 52.5 Å². The number of nitrogens with zero attached hydrogens (tertiary/aromatic N) is 2. The number of halogens is 1. The Morgan fingerprint density at radius 2 is 2.00 bits per heavy atom. The number of carbonyl (C=O) groups excluding carboxylic acids is 1. The Labute approximate surface area is 134 Å². The smallest absolute Gasteiger partial charge is 0.267 e. The monoisotopic (exact) mass is 394 g/mol. The molecule has 3 rings (SSSR count). The molecule has 0 aliphatic carbocycles. The maximum atomic E-state index is 12.5. The van der Waals surface area contributed by atoms with Crippen molar-refractivity contribution in [1.82, 2.24) is 0 Å². The molecule has 100 valence electrons. The minimum atomic E-state index is -0.0721. The molecule has 20 heavy (non-hydrogen) atoms. The first-order valence-corrected chi connectivity index (χ1v) is 8.02. The van der Waals surface area contributed by atoms with Gasteiger partial charge < -0.3 is 0 Å². The van der Waals surface area contributed by atoms with Crippen LogP contribution in [-0.2, 0) is 4.79 Å². The molecule has 0 unspecified atom stereocenters. The summed E-state index contributed by atoms with van der Waals surface area (Å²) in [5.74, 6) is -0.0721. The van der Waals surface area contributed by atoms with E-state index in [1.54, 1.807) is 11.3 Å². The van der Waals surface area contributed by atoms with Gasteiger partial charge in [0.05, 0.1) is 17.0 Å². The van der Waals surface area contributed by atoms with Crippen LogP contribution in [0.5, 0.6) is 0 Å². The summed E-state index contributed by atoms with van der Waals surface area (Å²) in [6.07, 6.45) is 1.90. The van der Waals surface area contributed by atoms with Crippen LogP contribution in [-0.4, -0.2) is 11.6 Å². The van der Waals surface area contributed by atoms with Gasteiger partial charge in [-0.3, -0.25) is 4.79 Å². The lowest BCUT2D eigenvalue weighted by molar-refractivity contribution is -0.114. The van der Waals surface area contributed by atoms with Gasteiger partial charge in [0.2, 0.25) is 0 Å². The van der Waals surface area contributed by atoms with Crippen LogP contribution in [0.2, 0.25) is 0 Å². The maximum absolute atomic E-state index is 12.5. The van der Waals surface area contributed by atoms with Crippen LogP contribution < -0.4 is 5.01 Å². The van der Waals surface area contributed by atoms with Gasteiger partial charge in [-0.2, -0.15) is 10.1 Å². The number of hydrazone groups is 1. The van der Waals surface area contributed by atoms with E-state index in [4.69, 9.17) is 0 Å².